The van der Waals surface area contributed by atoms with Crippen molar-refractivity contribution in [3.8, 4) is 0 Å². The number of nitrogens with zero attached hydrogens (tertiary/aromatic N) is 2. The Labute approximate surface area is 156 Å². The molecule has 27 heavy (non-hydrogen) atoms. The van der Waals surface area contributed by atoms with Crippen LogP contribution in [0.25, 0.3) is 11.0 Å². The Morgan fingerprint density at radius 2 is 1.96 bits per heavy atom. The van der Waals surface area contributed by atoms with Crippen LogP contribution in [0.15, 0.2) is 45.9 Å². The van der Waals surface area contributed by atoms with Crippen molar-refractivity contribution < 1.29 is 17.6 Å². The number of amides is 1. The summed E-state index contributed by atoms with van der Waals surface area (Å²) in [5.41, 5.74) is 1.96. The second-order valence-electron chi connectivity index (χ2n) is 6.53. The van der Waals surface area contributed by atoms with Gasteiger partial charge in [-0.15, -0.1) is 0 Å². The van der Waals surface area contributed by atoms with E-state index in [0.717, 1.165) is 29.7 Å². The Balaban J connectivity index is 1.43. The van der Waals surface area contributed by atoms with Gasteiger partial charge in [-0.2, -0.15) is 0 Å². The average molecular weight is 388 g/mol. The summed E-state index contributed by atoms with van der Waals surface area (Å²) in [6, 6.07) is 10.6. The van der Waals surface area contributed by atoms with Crippen LogP contribution in [-0.2, 0) is 10.0 Å². The molecule has 0 bridgehead atoms. The molecular formula is C18H20N4O4S. The normalized spacial score (nSPS) is 16.1. The minimum absolute atomic E-state index is 0.0333. The smallest absolute Gasteiger partial charge is 0.289 e. The van der Waals surface area contributed by atoms with Crippen molar-refractivity contribution in [2.45, 2.75) is 23.9 Å². The lowest BCUT2D eigenvalue weighted by molar-refractivity contribution is 0.0673. The summed E-state index contributed by atoms with van der Waals surface area (Å²) in [5, 5.41) is -0.259. The molecule has 2 N–H and O–H groups in total. The van der Waals surface area contributed by atoms with Crippen molar-refractivity contribution in [1.29, 1.82) is 0 Å². The molecule has 1 aromatic carbocycles. The number of piperidine rings is 1. The van der Waals surface area contributed by atoms with E-state index in [1.54, 1.807) is 4.90 Å². The van der Waals surface area contributed by atoms with E-state index in [-0.39, 0.29) is 22.7 Å². The molecule has 9 heteroatoms. The fourth-order valence-corrected chi connectivity index (χ4v) is 4.01. The van der Waals surface area contributed by atoms with Crippen LogP contribution in [0.2, 0.25) is 0 Å². The lowest BCUT2D eigenvalue weighted by Crippen LogP contribution is -2.38. The van der Waals surface area contributed by atoms with Gasteiger partial charge in [0.15, 0.2) is 5.76 Å². The number of aromatic nitrogens is 2. The molecule has 0 spiro atoms. The van der Waals surface area contributed by atoms with E-state index in [4.69, 9.17) is 4.42 Å². The minimum Gasteiger partial charge on any atom is -0.438 e. The summed E-state index contributed by atoms with van der Waals surface area (Å²) < 4.78 is 30.9. The summed E-state index contributed by atoms with van der Waals surface area (Å²) in [4.78, 5) is 22.3. The molecule has 1 fully saturated rings. The van der Waals surface area contributed by atoms with E-state index in [1.165, 1.54) is 19.2 Å². The minimum atomic E-state index is -3.70. The number of hydrogen-bond donors (Lipinski definition) is 2. The van der Waals surface area contributed by atoms with Crippen molar-refractivity contribution >= 4 is 27.0 Å². The second-order valence-corrected chi connectivity index (χ2v) is 8.35. The highest BCUT2D eigenvalue weighted by Gasteiger charge is 2.28. The quantitative estimate of drug-likeness (QED) is 0.711. The molecular weight excluding hydrogens is 368 g/mol. The van der Waals surface area contributed by atoms with Gasteiger partial charge in [0.05, 0.1) is 11.0 Å². The third-order valence-electron chi connectivity index (χ3n) is 4.90. The molecule has 0 aliphatic carbocycles. The number of carbonyl (C=O) groups excluding carboxylic acids is 1. The third kappa shape index (κ3) is 3.35. The summed E-state index contributed by atoms with van der Waals surface area (Å²) >= 11 is 0. The van der Waals surface area contributed by atoms with Crippen LogP contribution in [0.4, 0.5) is 0 Å². The Kier molecular flexibility index (Phi) is 4.48. The molecule has 0 unspecified atom stereocenters. The van der Waals surface area contributed by atoms with Crippen molar-refractivity contribution in [1.82, 2.24) is 19.6 Å². The first-order valence-corrected chi connectivity index (χ1v) is 10.2. The van der Waals surface area contributed by atoms with Gasteiger partial charge >= 0.3 is 0 Å². The van der Waals surface area contributed by atoms with Gasteiger partial charge in [0, 0.05) is 19.0 Å². The van der Waals surface area contributed by atoms with Crippen LogP contribution in [0.1, 0.15) is 35.1 Å². The topological polar surface area (TPSA) is 108 Å². The summed E-state index contributed by atoms with van der Waals surface area (Å²) in [6.45, 7) is 1.13. The van der Waals surface area contributed by atoms with Gasteiger partial charge in [-0.3, -0.25) is 4.79 Å². The molecule has 3 heterocycles. The zero-order valence-electron chi connectivity index (χ0n) is 14.8. The molecule has 4 rings (SSSR count). The van der Waals surface area contributed by atoms with E-state index in [1.807, 2.05) is 24.3 Å². The Morgan fingerprint density at radius 3 is 2.67 bits per heavy atom. The van der Waals surface area contributed by atoms with E-state index in [9.17, 15) is 13.2 Å². The number of aromatic amines is 1. The van der Waals surface area contributed by atoms with E-state index in [0.29, 0.717) is 13.1 Å². The largest absolute Gasteiger partial charge is 0.438 e. The van der Waals surface area contributed by atoms with Crippen LogP contribution in [0, 0.1) is 0 Å². The molecule has 0 radical (unpaired) electrons. The van der Waals surface area contributed by atoms with Gasteiger partial charge in [0.25, 0.3) is 15.9 Å². The molecule has 142 valence electrons. The highest BCUT2D eigenvalue weighted by Crippen LogP contribution is 2.28. The molecule has 3 aromatic rings. The van der Waals surface area contributed by atoms with E-state index >= 15 is 0 Å². The summed E-state index contributed by atoms with van der Waals surface area (Å²) in [6.07, 6.45) is 1.57. The fraction of sp³-hybridized carbons (Fsp3) is 0.333. The van der Waals surface area contributed by atoms with Gasteiger partial charge in [-0.1, -0.05) is 12.1 Å². The maximum atomic E-state index is 12.6. The molecule has 8 nitrogen and oxygen atoms in total. The number of imidazole rings is 1. The number of sulfonamides is 1. The number of rotatable bonds is 4. The average Bonchev–Trinajstić information content (AvgIpc) is 3.35. The number of nitrogens with one attached hydrogen (secondary N) is 2. The zero-order valence-corrected chi connectivity index (χ0v) is 15.6. The molecule has 1 aliphatic rings. The Morgan fingerprint density at radius 1 is 1.22 bits per heavy atom. The number of H-pyrrole nitrogens is 1. The highest BCUT2D eigenvalue weighted by atomic mass is 32.2. The molecule has 0 atom stereocenters. The molecule has 2 aromatic heterocycles. The number of benzene rings is 1. The SMILES string of the molecule is CNS(=O)(=O)c1ccc(C(=O)N2CCC(c3nc4ccccc4[nH]3)CC2)o1. The standard InChI is InChI=1S/C18H20N4O4S/c1-19-27(24,25)16-7-6-15(26-16)18(23)22-10-8-12(9-11-22)17-20-13-4-2-3-5-14(13)21-17/h2-7,12,19H,8-11H2,1H3,(H,20,21). The number of likely N-dealkylation sites (tertiary alicyclic amines) is 1. The number of fused-ring (bicyclic) bond motifs is 1. The molecule has 1 saturated heterocycles. The molecule has 0 saturated carbocycles. The lowest BCUT2D eigenvalue weighted by atomic mass is 9.96. The first-order chi connectivity index (χ1) is 13.0. The van der Waals surface area contributed by atoms with Crippen molar-refractivity contribution in [3.63, 3.8) is 0 Å². The third-order valence-corrected chi connectivity index (χ3v) is 6.19. The van der Waals surface area contributed by atoms with Crippen LogP contribution < -0.4 is 4.72 Å². The first kappa shape index (κ1) is 17.7. The first-order valence-electron chi connectivity index (χ1n) is 8.75. The second kappa shape index (κ2) is 6.82. The predicted octanol–water partition coefficient (Wildman–Crippen LogP) is 2.08. The number of hydrogen-bond acceptors (Lipinski definition) is 5. The predicted molar refractivity (Wildman–Crippen MR) is 98.9 cm³/mol. The van der Waals surface area contributed by atoms with E-state index < -0.39 is 10.0 Å². The van der Waals surface area contributed by atoms with Crippen molar-refractivity contribution in [2.24, 2.45) is 0 Å². The van der Waals surface area contributed by atoms with Crippen LogP contribution >= 0.6 is 0 Å². The van der Waals surface area contributed by atoms with E-state index in [2.05, 4.69) is 14.7 Å². The zero-order chi connectivity index (χ0) is 19.0. The maximum Gasteiger partial charge on any atom is 0.289 e. The Hall–Kier alpha value is -2.65. The van der Waals surface area contributed by atoms with Crippen molar-refractivity contribution in [2.75, 3.05) is 20.1 Å². The number of para-hydroxylation sites is 2. The van der Waals surface area contributed by atoms with Gasteiger partial charge < -0.3 is 14.3 Å². The fourth-order valence-electron chi connectivity index (χ4n) is 3.36. The van der Waals surface area contributed by atoms with Crippen LogP contribution in [0.5, 0.6) is 0 Å². The van der Waals surface area contributed by atoms with Crippen LogP contribution in [0.3, 0.4) is 0 Å². The van der Waals surface area contributed by atoms with Gasteiger partial charge in [0.2, 0.25) is 5.09 Å². The molecule has 1 aliphatic heterocycles. The maximum absolute atomic E-state index is 12.6. The number of carbonyl (C=O) groups is 1. The van der Waals surface area contributed by atoms with Crippen molar-refractivity contribution in [3.05, 3.63) is 48.0 Å². The number of furan rings is 1. The van der Waals surface area contributed by atoms with Gasteiger partial charge in [0.1, 0.15) is 5.82 Å². The van der Waals surface area contributed by atoms with Crippen LogP contribution in [-0.4, -0.2) is 49.3 Å². The van der Waals surface area contributed by atoms with Gasteiger partial charge in [-0.25, -0.2) is 18.1 Å². The lowest BCUT2D eigenvalue weighted by Gasteiger charge is -2.30. The monoisotopic (exact) mass is 388 g/mol. The van der Waals surface area contributed by atoms with Gasteiger partial charge in [-0.05, 0) is 44.2 Å². The Bertz CT molecular complexity index is 1040. The molecule has 1 amide bonds. The highest BCUT2D eigenvalue weighted by molar-refractivity contribution is 7.89. The summed E-state index contributed by atoms with van der Waals surface area (Å²) in [5.74, 6) is 0.948. The summed E-state index contributed by atoms with van der Waals surface area (Å²) in [7, 11) is -2.41.